The van der Waals surface area contributed by atoms with E-state index in [1.54, 1.807) is 13.2 Å². The maximum atomic E-state index is 11.9. The van der Waals surface area contributed by atoms with Crippen molar-refractivity contribution in [3.05, 3.63) is 32.6 Å². The van der Waals surface area contributed by atoms with E-state index in [0.29, 0.717) is 25.1 Å². The van der Waals surface area contributed by atoms with Crippen molar-refractivity contribution in [2.45, 2.75) is 25.4 Å². The molecule has 1 aromatic rings. The molecule has 1 fully saturated rings. The van der Waals surface area contributed by atoms with Crippen LogP contribution in [0.5, 0.6) is 0 Å². The van der Waals surface area contributed by atoms with Crippen LogP contribution in [0.2, 0.25) is 0 Å². The van der Waals surface area contributed by atoms with Gasteiger partial charge in [-0.25, -0.2) is 4.79 Å². The Kier molecular flexibility index (Phi) is 3.84. The number of carbonyl (C=O) groups is 1. The van der Waals surface area contributed by atoms with Crippen molar-refractivity contribution < 1.29 is 4.79 Å². The summed E-state index contributed by atoms with van der Waals surface area (Å²) < 4.78 is 2.48. The Balaban J connectivity index is 1.99. The minimum Gasteiger partial charge on any atom is -0.352 e. The van der Waals surface area contributed by atoms with Gasteiger partial charge < -0.3 is 15.2 Å². The molecular weight excluding hydrogens is 248 g/mol. The fourth-order valence-corrected chi connectivity index (χ4v) is 2.22. The SMILES string of the molecule is Cn1cc(CNCC2CCC(=O)N2)c(=O)n(C)c1=O. The van der Waals surface area contributed by atoms with Crippen LogP contribution in [0, 0.1) is 0 Å². The first-order chi connectivity index (χ1) is 8.99. The van der Waals surface area contributed by atoms with Crippen molar-refractivity contribution in [3.63, 3.8) is 0 Å². The van der Waals surface area contributed by atoms with E-state index in [2.05, 4.69) is 10.6 Å². The lowest BCUT2D eigenvalue weighted by Crippen LogP contribution is -2.41. The van der Waals surface area contributed by atoms with E-state index in [1.165, 1.54) is 11.6 Å². The molecule has 0 bridgehead atoms. The minimum atomic E-state index is -0.336. The van der Waals surface area contributed by atoms with Gasteiger partial charge in [-0.3, -0.25) is 14.2 Å². The molecule has 1 amide bonds. The molecule has 1 aliphatic rings. The molecular formula is C12H18N4O3. The number of aromatic nitrogens is 2. The summed E-state index contributed by atoms with van der Waals surface area (Å²) in [5, 5.41) is 5.98. The zero-order chi connectivity index (χ0) is 14.0. The molecule has 1 unspecified atom stereocenters. The standard InChI is InChI=1S/C12H18N4O3/c1-15-7-8(11(18)16(2)12(15)19)5-13-6-9-3-4-10(17)14-9/h7,9,13H,3-6H2,1-2H3,(H,14,17). The zero-order valence-corrected chi connectivity index (χ0v) is 11.1. The van der Waals surface area contributed by atoms with E-state index in [1.807, 2.05) is 0 Å². The molecule has 19 heavy (non-hydrogen) atoms. The Bertz CT molecular complexity index is 602. The van der Waals surface area contributed by atoms with Crippen LogP contribution in [0.3, 0.4) is 0 Å². The molecule has 0 spiro atoms. The van der Waals surface area contributed by atoms with E-state index < -0.39 is 0 Å². The average molecular weight is 266 g/mol. The van der Waals surface area contributed by atoms with Crippen molar-refractivity contribution in [2.75, 3.05) is 6.54 Å². The molecule has 2 heterocycles. The van der Waals surface area contributed by atoms with Crippen LogP contribution in [0.1, 0.15) is 18.4 Å². The molecule has 0 aromatic carbocycles. The summed E-state index contributed by atoms with van der Waals surface area (Å²) in [5.74, 6) is 0.0739. The Morgan fingerprint density at radius 2 is 2.11 bits per heavy atom. The number of nitrogens with one attached hydrogen (secondary N) is 2. The maximum absolute atomic E-state index is 11.9. The molecule has 1 aliphatic heterocycles. The molecule has 2 N–H and O–H groups in total. The van der Waals surface area contributed by atoms with Gasteiger partial charge in [0.1, 0.15) is 0 Å². The third kappa shape index (κ3) is 2.93. The van der Waals surface area contributed by atoms with Gasteiger partial charge in [0.2, 0.25) is 5.91 Å². The summed E-state index contributed by atoms with van der Waals surface area (Å²) >= 11 is 0. The Labute approximate surface area is 110 Å². The highest BCUT2D eigenvalue weighted by atomic mass is 16.2. The van der Waals surface area contributed by atoms with Crippen LogP contribution in [0.25, 0.3) is 0 Å². The highest BCUT2D eigenvalue weighted by molar-refractivity contribution is 5.78. The molecule has 1 aromatic heterocycles. The highest BCUT2D eigenvalue weighted by Crippen LogP contribution is 2.05. The van der Waals surface area contributed by atoms with Crippen molar-refractivity contribution in [2.24, 2.45) is 14.1 Å². The highest BCUT2D eigenvalue weighted by Gasteiger charge is 2.20. The van der Waals surface area contributed by atoms with Crippen LogP contribution >= 0.6 is 0 Å². The fraction of sp³-hybridized carbons (Fsp3) is 0.583. The van der Waals surface area contributed by atoms with Gasteiger partial charge in [-0.2, -0.15) is 0 Å². The van der Waals surface area contributed by atoms with E-state index in [9.17, 15) is 14.4 Å². The van der Waals surface area contributed by atoms with Gasteiger partial charge in [0, 0.05) is 51.4 Å². The lowest BCUT2D eigenvalue weighted by molar-refractivity contribution is -0.119. The molecule has 1 saturated heterocycles. The third-order valence-corrected chi connectivity index (χ3v) is 3.31. The van der Waals surface area contributed by atoms with E-state index in [4.69, 9.17) is 0 Å². The lowest BCUT2D eigenvalue weighted by Gasteiger charge is -2.12. The van der Waals surface area contributed by atoms with Crippen molar-refractivity contribution in [1.82, 2.24) is 19.8 Å². The molecule has 0 aliphatic carbocycles. The smallest absolute Gasteiger partial charge is 0.330 e. The number of hydrogen-bond donors (Lipinski definition) is 2. The van der Waals surface area contributed by atoms with E-state index in [-0.39, 0.29) is 23.2 Å². The zero-order valence-electron chi connectivity index (χ0n) is 11.1. The van der Waals surface area contributed by atoms with Crippen LogP contribution in [0.4, 0.5) is 0 Å². The molecule has 7 heteroatoms. The number of nitrogens with zero attached hydrogens (tertiary/aromatic N) is 2. The molecule has 1 atom stereocenters. The van der Waals surface area contributed by atoms with Crippen LogP contribution in [-0.2, 0) is 25.4 Å². The van der Waals surface area contributed by atoms with Gasteiger partial charge in [0.25, 0.3) is 5.56 Å². The number of carbonyl (C=O) groups excluding carboxylic acids is 1. The number of hydrogen-bond acceptors (Lipinski definition) is 4. The van der Waals surface area contributed by atoms with Crippen LogP contribution < -0.4 is 21.9 Å². The predicted octanol–water partition coefficient (Wildman–Crippen LogP) is -1.55. The summed E-state index contributed by atoms with van der Waals surface area (Å²) in [5.41, 5.74) is -0.0863. The monoisotopic (exact) mass is 266 g/mol. The quantitative estimate of drug-likeness (QED) is 0.691. The van der Waals surface area contributed by atoms with Crippen LogP contribution in [0.15, 0.2) is 15.8 Å². The summed E-state index contributed by atoms with van der Waals surface area (Å²) in [6.45, 7) is 1.00. The third-order valence-electron chi connectivity index (χ3n) is 3.31. The van der Waals surface area contributed by atoms with Crippen molar-refractivity contribution >= 4 is 5.91 Å². The Morgan fingerprint density at radius 3 is 2.74 bits per heavy atom. The van der Waals surface area contributed by atoms with Gasteiger partial charge in [-0.1, -0.05) is 0 Å². The largest absolute Gasteiger partial charge is 0.352 e. The normalized spacial score (nSPS) is 18.6. The number of rotatable bonds is 4. The Morgan fingerprint density at radius 1 is 1.37 bits per heavy atom. The summed E-state index contributed by atoms with van der Waals surface area (Å²) in [6.07, 6.45) is 2.93. The molecule has 7 nitrogen and oxygen atoms in total. The Hall–Kier alpha value is -1.89. The van der Waals surface area contributed by atoms with Crippen molar-refractivity contribution in [1.29, 1.82) is 0 Å². The average Bonchev–Trinajstić information content (AvgIpc) is 2.79. The van der Waals surface area contributed by atoms with Gasteiger partial charge in [-0.05, 0) is 6.42 Å². The lowest BCUT2D eigenvalue weighted by atomic mass is 10.2. The summed E-state index contributed by atoms with van der Waals surface area (Å²) in [4.78, 5) is 34.4. The second-order valence-electron chi connectivity index (χ2n) is 4.85. The summed E-state index contributed by atoms with van der Waals surface area (Å²) in [6, 6.07) is 0.129. The topological polar surface area (TPSA) is 85.1 Å². The molecule has 2 rings (SSSR count). The predicted molar refractivity (Wildman–Crippen MR) is 69.8 cm³/mol. The first kappa shape index (κ1) is 13.5. The van der Waals surface area contributed by atoms with E-state index in [0.717, 1.165) is 11.0 Å². The first-order valence-corrected chi connectivity index (χ1v) is 6.24. The minimum absolute atomic E-state index is 0.0739. The number of aryl methyl sites for hydroxylation is 1. The van der Waals surface area contributed by atoms with Gasteiger partial charge in [-0.15, -0.1) is 0 Å². The maximum Gasteiger partial charge on any atom is 0.330 e. The molecule has 0 saturated carbocycles. The second-order valence-corrected chi connectivity index (χ2v) is 4.85. The van der Waals surface area contributed by atoms with Gasteiger partial charge in [0.15, 0.2) is 0 Å². The fourth-order valence-electron chi connectivity index (χ4n) is 2.22. The van der Waals surface area contributed by atoms with E-state index >= 15 is 0 Å². The van der Waals surface area contributed by atoms with Gasteiger partial charge in [0.05, 0.1) is 0 Å². The summed E-state index contributed by atoms with van der Waals surface area (Å²) in [7, 11) is 3.08. The molecule has 0 radical (unpaired) electrons. The van der Waals surface area contributed by atoms with Crippen molar-refractivity contribution in [3.8, 4) is 0 Å². The second kappa shape index (κ2) is 5.40. The number of amides is 1. The first-order valence-electron chi connectivity index (χ1n) is 6.24. The molecule has 104 valence electrons. The van der Waals surface area contributed by atoms with Gasteiger partial charge >= 0.3 is 5.69 Å². The van der Waals surface area contributed by atoms with Crippen LogP contribution in [-0.4, -0.2) is 27.6 Å².